The summed E-state index contributed by atoms with van der Waals surface area (Å²) in [5, 5.41) is 15.1. The van der Waals surface area contributed by atoms with Crippen LogP contribution in [0.3, 0.4) is 0 Å². The van der Waals surface area contributed by atoms with Crippen LogP contribution in [0.15, 0.2) is 89.9 Å². The summed E-state index contributed by atoms with van der Waals surface area (Å²) in [4.78, 5) is 44.2. The van der Waals surface area contributed by atoms with Crippen molar-refractivity contribution >= 4 is 34.5 Å². The molecule has 4 atom stereocenters. The van der Waals surface area contributed by atoms with Crippen molar-refractivity contribution in [3.63, 3.8) is 0 Å². The first-order valence-corrected chi connectivity index (χ1v) is 15.4. The summed E-state index contributed by atoms with van der Waals surface area (Å²) in [6.45, 7) is 0.0213. The van der Waals surface area contributed by atoms with Crippen LogP contribution in [0.25, 0.3) is 0 Å². The lowest BCUT2D eigenvalue weighted by Gasteiger charge is -2.24. The van der Waals surface area contributed by atoms with Gasteiger partial charge in [-0.1, -0.05) is 72.8 Å². The lowest BCUT2D eigenvalue weighted by atomic mass is 10.0. The molecule has 7 N–H and O–H groups in total. The van der Waals surface area contributed by atoms with E-state index in [9.17, 15) is 23.7 Å². The van der Waals surface area contributed by atoms with E-state index >= 15 is 0 Å². The number of amides is 2. The van der Waals surface area contributed by atoms with Crippen LogP contribution in [0.4, 0.5) is 0 Å². The maximum Gasteiger partial charge on any atom is 0.329 e. The van der Waals surface area contributed by atoms with Crippen LogP contribution in [0.5, 0.6) is 5.75 Å². The van der Waals surface area contributed by atoms with Crippen molar-refractivity contribution in [1.29, 1.82) is 0 Å². The monoisotopic (exact) mass is 607 g/mol. The largest absolute Gasteiger partial charge is 0.508 e. The number of nitrogens with one attached hydrogen (secondary N) is 2. The predicted molar refractivity (Wildman–Crippen MR) is 165 cm³/mol. The van der Waals surface area contributed by atoms with Crippen LogP contribution in [0.1, 0.15) is 23.1 Å². The Labute approximate surface area is 253 Å². The molecule has 0 aliphatic rings. The molecule has 1 unspecified atom stereocenters. The average molecular weight is 608 g/mol. The second-order valence-corrected chi connectivity index (χ2v) is 11.5. The molecule has 0 spiro atoms. The van der Waals surface area contributed by atoms with Crippen LogP contribution in [-0.4, -0.2) is 63.2 Å². The van der Waals surface area contributed by atoms with E-state index in [1.165, 1.54) is 18.4 Å². The number of hydrogen-bond acceptors (Lipinski definition) is 7. The van der Waals surface area contributed by atoms with Gasteiger partial charge in [-0.2, -0.15) is 0 Å². The minimum Gasteiger partial charge on any atom is -0.508 e. The Kier molecular flexibility index (Phi) is 12.7. The van der Waals surface area contributed by atoms with Crippen molar-refractivity contribution in [2.45, 2.75) is 44.0 Å². The molecule has 0 saturated carbocycles. The SMILES string of the molecule is CS(=O)CC[C@@H](N=C(N)N)C(=O)N[C@@H](Cc1ccc(O)cc1)C(=O)N[C@@H](Cc1ccccc1)C(=O)OCc1ccccc1. The van der Waals surface area contributed by atoms with E-state index in [0.717, 1.165) is 11.1 Å². The molecular weight excluding hydrogens is 570 g/mol. The third kappa shape index (κ3) is 11.6. The first-order valence-electron chi connectivity index (χ1n) is 13.6. The Bertz CT molecular complexity index is 1400. The summed E-state index contributed by atoms with van der Waals surface area (Å²) in [6.07, 6.45) is 1.76. The van der Waals surface area contributed by atoms with Crippen molar-refractivity contribution in [3.05, 3.63) is 102 Å². The number of nitrogens with two attached hydrogens (primary N) is 2. The Hall–Kier alpha value is -4.71. The molecule has 43 heavy (non-hydrogen) atoms. The van der Waals surface area contributed by atoms with Crippen LogP contribution >= 0.6 is 0 Å². The second-order valence-electron chi connectivity index (χ2n) is 9.91. The summed E-state index contributed by atoms with van der Waals surface area (Å²) >= 11 is 0. The molecule has 0 aliphatic heterocycles. The molecule has 3 aromatic rings. The van der Waals surface area contributed by atoms with Crippen molar-refractivity contribution in [3.8, 4) is 5.75 Å². The van der Waals surface area contributed by atoms with Crippen molar-refractivity contribution in [1.82, 2.24) is 10.6 Å². The molecule has 11 nitrogen and oxygen atoms in total. The van der Waals surface area contributed by atoms with E-state index in [2.05, 4.69) is 15.6 Å². The molecule has 0 heterocycles. The zero-order valence-corrected chi connectivity index (χ0v) is 24.7. The van der Waals surface area contributed by atoms with Crippen LogP contribution < -0.4 is 22.1 Å². The number of hydrogen-bond donors (Lipinski definition) is 5. The van der Waals surface area contributed by atoms with Gasteiger partial charge in [-0.25, -0.2) is 9.79 Å². The number of rotatable bonds is 15. The molecule has 0 radical (unpaired) electrons. The Morgan fingerprint density at radius 1 is 0.814 bits per heavy atom. The molecule has 3 aromatic carbocycles. The average Bonchev–Trinajstić information content (AvgIpc) is 2.99. The van der Waals surface area contributed by atoms with Gasteiger partial charge in [0.05, 0.1) is 0 Å². The number of phenolic OH excluding ortho intramolecular Hbond substituents is 1. The molecule has 0 saturated heterocycles. The molecule has 0 aromatic heterocycles. The fourth-order valence-electron chi connectivity index (χ4n) is 4.20. The number of esters is 1. The van der Waals surface area contributed by atoms with Crippen molar-refractivity contribution in [2.75, 3.05) is 12.0 Å². The minimum atomic E-state index is -1.21. The van der Waals surface area contributed by atoms with Gasteiger partial charge in [0.2, 0.25) is 11.8 Å². The van der Waals surface area contributed by atoms with Crippen molar-refractivity contribution in [2.24, 2.45) is 16.5 Å². The third-order valence-electron chi connectivity index (χ3n) is 6.40. The predicted octanol–water partition coefficient (Wildman–Crippen LogP) is 1.30. The highest BCUT2D eigenvalue weighted by molar-refractivity contribution is 7.84. The Balaban J connectivity index is 1.84. The first kappa shape index (κ1) is 32.8. The number of carbonyl (C=O) groups is 3. The number of aromatic hydroxyl groups is 1. The van der Waals surface area contributed by atoms with E-state index in [1.54, 1.807) is 12.1 Å². The lowest BCUT2D eigenvalue weighted by molar-refractivity contribution is -0.149. The van der Waals surface area contributed by atoms with Crippen molar-refractivity contribution < 1.29 is 28.4 Å². The normalized spacial score (nSPS) is 13.5. The fraction of sp³-hybridized carbons (Fsp3) is 0.290. The van der Waals surface area contributed by atoms with Crippen LogP contribution in [0, 0.1) is 0 Å². The molecule has 228 valence electrons. The van der Waals surface area contributed by atoms with Gasteiger partial charge in [0.1, 0.15) is 30.5 Å². The van der Waals surface area contributed by atoms with Gasteiger partial charge in [-0.3, -0.25) is 13.8 Å². The van der Waals surface area contributed by atoms with E-state index in [4.69, 9.17) is 16.2 Å². The number of aliphatic imine (C=N–C) groups is 1. The molecule has 0 aliphatic carbocycles. The quantitative estimate of drug-likeness (QED) is 0.0972. The van der Waals surface area contributed by atoms with Gasteiger partial charge >= 0.3 is 5.97 Å². The van der Waals surface area contributed by atoms with Gasteiger partial charge in [-0.05, 0) is 35.2 Å². The number of nitrogens with zero attached hydrogens (tertiary/aromatic N) is 1. The zero-order chi connectivity index (χ0) is 31.2. The summed E-state index contributed by atoms with van der Waals surface area (Å²) < 4.78 is 17.2. The first-order chi connectivity index (χ1) is 20.6. The fourth-order valence-corrected chi connectivity index (χ4v) is 4.76. The highest BCUT2D eigenvalue weighted by Crippen LogP contribution is 2.13. The molecule has 3 rings (SSSR count). The number of guanidine groups is 1. The Morgan fingerprint density at radius 2 is 1.35 bits per heavy atom. The summed E-state index contributed by atoms with van der Waals surface area (Å²) in [5.74, 6) is -2.05. The molecule has 2 amide bonds. The summed E-state index contributed by atoms with van der Waals surface area (Å²) in [5.41, 5.74) is 13.3. The molecule has 0 fully saturated rings. The number of carbonyl (C=O) groups excluding carboxylic acids is 3. The van der Waals surface area contributed by atoms with Gasteiger partial charge in [0, 0.05) is 35.6 Å². The van der Waals surface area contributed by atoms with E-state index < -0.39 is 46.7 Å². The molecule has 12 heteroatoms. The maximum absolute atomic E-state index is 13.7. The van der Waals surface area contributed by atoms with E-state index in [1.807, 2.05) is 60.7 Å². The second kappa shape index (κ2) is 16.7. The van der Waals surface area contributed by atoms with E-state index in [-0.39, 0.29) is 43.3 Å². The van der Waals surface area contributed by atoms with Crippen LogP contribution in [-0.2, 0) is 49.4 Å². The number of ether oxygens (including phenoxy) is 1. The molecule has 0 bridgehead atoms. The highest BCUT2D eigenvalue weighted by atomic mass is 32.2. The van der Waals surface area contributed by atoms with Gasteiger partial charge in [0.25, 0.3) is 0 Å². The third-order valence-corrected chi connectivity index (χ3v) is 7.21. The van der Waals surface area contributed by atoms with Gasteiger partial charge in [-0.15, -0.1) is 0 Å². The summed E-state index contributed by atoms with van der Waals surface area (Å²) in [6, 6.07) is 21.2. The number of phenols is 1. The topological polar surface area (TPSA) is 186 Å². The van der Waals surface area contributed by atoms with E-state index in [0.29, 0.717) is 5.56 Å². The lowest BCUT2D eigenvalue weighted by Crippen LogP contribution is -2.55. The highest BCUT2D eigenvalue weighted by Gasteiger charge is 2.30. The van der Waals surface area contributed by atoms with Gasteiger partial charge < -0.3 is 31.9 Å². The zero-order valence-electron chi connectivity index (χ0n) is 23.8. The summed E-state index contributed by atoms with van der Waals surface area (Å²) in [7, 11) is -1.21. The van der Waals surface area contributed by atoms with Crippen LogP contribution in [0.2, 0.25) is 0 Å². The molecular formula is C31H37N5O6S. The Morgan fingerprint density at radius 3 is 1.93 bits per heavy atom. The minimum absolute atomic E-state index is 0.0213. The number of benzene rings is 3. The smallest absolute Gasteiger partial charge is 0.329 e. The standard InChI is InChI=1S/C31H37N5O6S/c1-43(41)17-16-25(36-31(32)33)28(38)34-26(18-22-12-14-24(37)15-13-22)29(39)35-27(19-21-8-4-2-5-9-21)30(40)42-20-23-10-6-3-7-11-23/h2-15,25-27,37H,16-20H2,1H3,(H,34,38)(H,35,39)(H4,32,33,36)/t25-,26+,27+,43?/m1/s1. The van der Waals surface area contributed by atoms with Gasteiger partial charge in [0.15, 0.2) is 5.96 Å². The maximum atomic E-state index is 13.7.